The van der Waals surface area contributed by atoms with E-state index in [9.17, 15) is 0 Å². The quantitative estimate of drug-likeness (QED) is 0.749. The number of hydrogen-bond acceptors (Lipinski definition) is 4. The number of aromatic nitrogens is 5. The molecule has 6 nitrogen and oxygen atoms in total. The molecule has 0 aromatic carbocycles. The van der Waals surface area contributed by atoms with Gasteiger partial charge in [-0.1, -0.05) is 0 Å². The highest BCUT2D eigenvalue weighted by atomic mass is 15.3. The highest BCUT2D eigenvalue weighted by Crippen LogP contribution is 2.07. The lowest BCUT2D eigenvalue weighted by atomic mass is 10.4. The smallest absolute Gasteiger partial charge is 0.145 e. The van der Waals surface area contributed by atoms with Gasteiger partial charge in [0.05, 0.1) is 12.2 Å². The highest BCUT2D eigenvalue weighted by Gasteiger charge is 2.04. The molecule has 0 amide bonds. The second-order valence-corrected chi connectivity index (χ2v) is 2.97. The number of aryl methyl sites for hydroxylation is 1. The van der Waals surface area contributed by atoms with Crippen LogP contribution >= 0.6 is 0 Å². The second kappa shape index (κ2) is 3.49. The van der Waals surface area contributed by atoms with E-state index in [1.807, 2.05) is 17.7 Å². The SMILES string of the molecule is CCn1nc(N)cc1Cn1cncn1. The van der Waals surface area contributed by atoms with Crippen LogP contribution in [0, 0.1) is 0 Å². The first kappa shape index (κ1) is 8.74. The van der Waals surface area contributed by atoms with Crippen molar-refractivity contribution in [3.8, 4) is 0 Å². The van der Waals surface area contributed by atoms with Crippen molar-refractivity contribution in [3.63, 3.8) is 0 Å². The van der Waals surface area contributed by atoms with Gasteiger partial charge in [-0.15, -0.1) is 0 Å². The number of nitrogens with two attached hydrogens (primary N) is 1. The van der Waals surface area contributed by atoms with Crippen molar-refractivity contribution in [1.29, 1.82) is 0 Å². The molecule has 0 radical (unpaired) electrons. The standard InChI is InChI=1S/C8H12N6/c1-2-14-7(3-8(9)12-14)4-13-6-10-5-11-13/h3,5-6H,2,4H2,1H3,(H2,9,12). The van der Waals surface area contributed by atoms with Gasteiger partial charge in [-0.3, -0.25) is 4.68 Å². The summed E-state index contributed by atoms with van der Waals surface area (Å²) in [5.41, 5.74) is 6.64. The summed E-state index contributed by atoms with van der Waals surface area (Å²) in [7, 11) is 0. The van der Waals surface area contributed by atoms with Gasteiger partial charge >= 0.3 is 0 Å². The highest BCUT2D eigenvalue weighted by molar-refractivity contribution is 5.29. The van der Waals surface area contributed by atoms with Crippen molar-refractivity contribution < 1.29 is 0 Å². The molecule has 2 rings (SSSR count). The van der Waals surface area contributed by atoms with E-state index in [0.29, 0.717) is 12.4 Å². The molecule has 0 atom stereocenters. The Labute approximate surface area is 81.4 Å². The van der Waals surface area contributed by atoms with Crippen molar-refractivity contribution in [1.82, 2.24) is 24.5 Å². The Morgan fingerprint density at radius 1 is 1.50 bits per heavy atom. The average Bonchev–Trinajstić information content (AvgIpc) is 2.76. The maximum absolute atomic E-state index is 5.61. The minimum Gasteiger partial charge on any atom is -0.382 e. The Bertz CT molecular complexity index is 401. The predicted octanol–water partition coefficient (Wildman–Crippen LogP) is 0.125. The van der Waals surface area contributed by atoms with Crippen LogP contribution in [-0.4, -0.2) is 24.5 Å². The summed E-state index contributed by atoms with van der Waals surface area (Å²) in [6.07, 6.45) is 3.18. The molecule has 14 heavy (non-hydrogen) atoms. The van der Waals surface area contributed by atoms with Gasteiger partial charge < -0.3 is 5.73 Å². The first-order chi connectivity index (χ1) is 6.79. The van der Waals surface area contributed by atoms with Crippen molar-refractivity contribution in [3.05, 3.63) is 24.4 Å². The third kappa shape index (κ3) is 1.59. The molecule has 0 fully saturated rings. The van der Waals surface area contributed by atoms with Gasteiger partial charge in [0, 0.05) is 12.6 Å². The fourth-order valence-electron chi connectivity index (χ4n) is 1.36. The van der Waals surface area contributed by atoms with Gasteiger partial charge in [0.25, 0.3) is 0 Å². The monoisotopic (exact) mass is 192 g/mol. The minimum absolute atomic E-state index is 0.543. The first-order valence-corrected chi connectivity index (χ1v) is 4.44. The van der Waals surface area contributed by atoms with E-state index in [4.69, 9.17) is 5.73 Å². The van der Waals surface area contributed by atoms with Crippen LogP contribution in [0.15, 0.2) is 18.7 Å². The topological polar surface area (TPSA) is 74.6 Å². The number of rotatable bonds is 3. The normalized spacial score (nSPS) is 10.6. The average molecular weight is 192 g/mol. The van der Waals surface area contributed by atoms with Crippen molar-refractivity contribution >= 4 is 5.82 Å². The lowest BCUT2D eigenvalue weighted by Crippen LogP contribution is -2.08. The fraction of sp³-hybridized carbons (Fsp3) is 0.375. The molecule has 6 heteroatoms. The molecule has 2 aromatic rings. The largest absolute Gasteiger partial charge is 0.382 e. The Morgan fingerprint density at radius 3 is 3.00 bits per heavy atom. The number of anilines is 1. The molecule has 0 aliphatic heterocycles. The van der Waals surface area contributed by atoms with Gasteiger partial charge in [0.2, 0.25) is 0 Å². The van der Waals surface area contributed by atoms with Gasteiger partial charge in [0.1, 0.15) is 18.5 Å². The van der Waals surface area contributed by atoms with Crippen LogP contribution in [0.4, 0.5) is 5.82 Å². The first-order valence-electron chi connectivity index (χ1n) is 4.44. The Hall–Kier alpha value is -1.85. The molecule has 2 aromatic heterocycles. The molecule has 0 saturated heterocycles. The van der Waals surface area contributed by atoms with E-state index in [1.54, 1.807) is 11.0 Å². The van der Waals surface area contributed by atoms with Crippen LogP contribution in [0.2, 0.25) is 0 Å². The van der Waals surface area contributed by atoms with Gasteiger partial charge in [0.15, 0.2) is 0 Å². The fourth-order valence-corrected chi connectivity index (χ4v) is 1.36. The van der Waals surface area contributed by atoms with Crippen LogP contribution in [0.3, 0.4) is 0 Å². The van der Waals surface area contributed by atoms with Crippen LogP contribution in [0.25, 0.3) is 0 Å². The van der Waals surface area contributed by atoms with E-state index < -0.39 is 0 Å². The summed E-state index contributed by atoms with van der Waals surface area (Å²) >= 11 is 0. The van der Waals surface area contributed by atoms with Crippen molar-refractivity contribution in [2.45, 2.75) is 20.0 Å². The van der Waals surface area contributed by atoms with Crippen LogP contribution in [0.5, 0.6) is 0 Å². The summed E-state index contributed by atoms with van der Waals surface area (Å²) in [6.45, 7) is 3.48. The second-order valence-electron chi connectivity index (χ2n) is 2.97. The predicted molar refractivity (Wildman–Crippen MR) is 51.4 cm³/mol. The Kier molecular flexibility index (Phi) is 2.18. The molecular formula is C8H12N6. The summed E-state index contributed by atoms with van der Waals surface area (Å²) in [4.78, 5) is 3.87. The summed E-state index contributed by atoms with van der Waals surface area (Å²) in [5, 5.41) is 8.16. The van der Waals surface area contributed by atoms with E-state index in [2.05, 4.69) is 15.2 Å². The summed E-state index contributed by atoms with van der Waals surface area (Å²) < 4.78 is 3.60. The zero-order chi connectivity index (χ0) is 9.97. The lowest BCUT2D eigenvalue weighted by molar-refractivity contribution is 0.578. The molecule has 2 heterocycles. The zero-order valence-corrected chi connectivity index (χ0v) is 7.96. The summed E-state index contributed by atoms with van der Waals surface area (Å²) in [6, 6.07) is 1.85. The molecule has 0 aliphatic carbocycles. The van der Waals surface area contributed by atoms with Crippen molar-refractivity contribution in [2.75, 3.05) is 5.73 Å². The summed E-state index contributed by atoms with van der Waals surface area (Å²) in [5.74, 6) is 0.543. The van der Waals surface area contributed by atoms with Gasteiger partial charge in [-0.05, 0) is 6.92 Å². The molecule has 2 N–H and O–H groups in total. The maximum atomic E-state index is 5.61. The van der Waals surface area contributed by atoms with E-state index in [1.165, 1.54) is 6.33 Å². The van der Waals surface area contributed by atoms with E-state index in [-0.39, 0.29) is 0 Å². The van der Waals surface area contributed by atoms with E-state index in [0.717, 1.165) is 12.2 Å². The van der Waals surface area contributed by atoms with Crippen LogP contribution in [0.1, 0.15) is 12.6 Å². The third-order valence-electron chi connectivity index (χ3n) is 1.97. The molecule has 0 unspecified atom stereocenters. The van der Waals surface area contributed by atoms with Crippen LogP contribution in [-0.2, 0) is 13.1 Å². The molecular weight excluding hydrogens is 180 g/mol. The lowest BCUT2D eigenvalue weighted by Gasteiger charge is -2.03. The van der Waals surface area contributed by atoms with Gasteiger partial charge in [-0.2, -0.15) is 10.2 Å². The van der Waals surface area contributed by atoms with Gasteiger partial charge in [-0.25, -0.2) is 9.67 Å². The number of hydrogen-bond donors (Lipinski definition) is 1. The molecule has 0 spiro atoms. The Morgan fingerprint density at radius 2 is 2.36 bits per heavy atom. The number of nitrogen functional groups attached to an aromatic ring is 1. The minimum atomic E-state index is 0.543. The van der Waals surface area contributed by atoms with E-state index >= 15 is 0 Å². The van der Waals surface area contributed by atoms with Crippen molar-refractivity contribution in [2.24, 2.45) is 0 Å². The molecule has 74 valence electrons. The number of nitrogens with zero attached hydrogens (tertiary/aromatic N) is 5. The molecule has 0 bridgehead atoms. The zero-order valence-electron chi connectivity index (χ0n) is 7.96. The third-order valence-corrected chi connectivity index (χ3v) is 1.97. The Balaban J connectivity index is 2.23. The molecule has 0 saturated carbocycles. The molecule has 0 aliphatic rings. The maximum Gasteiger partial charge on any atom is 0.145 e. The van der Waals surface area contributed by atoms with Crippen LogP contribution < -0.4 is 5.73 Å².